The van der Waals surface area contributed by atoms with E-state index in [0.29, 0.717) is 26.9 Å². The number of nitrogens with zero attached hydrogens (tertiary/aromatic N) is 2. The molecule has 1 aliphatic heterocycles. The smallest absolute Gasteiger partial charge is 0.259 e. The van der Waals surface area contributed by atoms with Crippen LogP contribution in [0.5, 0.6) is 0 Å². The fraction of sp³-hybridized carbons (Fsp3) is 0.269. The number of rotatable bonds is 7. The van der Waals surface area contributed by atoms with E-state index in [-0.39, 0.29) is 36.9 Å². The lowest BCUT2D eigenvalue weighted by Crippen LogP contribution is -2.51. The summed E-state index contributed by atoms with van der Waals surface area (Å²) < 4.78 is 0. The van der Waals surface area contributed by atoms with Gasteiger partial charge >= 0.3 is 0 Å². The zero-order chi connectivity index (χ0) is 24.6. The third-order valence-corrected chi connectivity index (χ3v) is 6.48. The average molecular weight is 498 g/mol. The quantitative estimate of drug-likeness (QED) is 0.496. The van der Waals surface area contributed by atoms with Crippen LogP contribution >= 0.6 is 23.2 Å². The van der Waals surface area contributed by atoms with Gasteiger partial charge in [-0.15, -0.1) is 0 Å². The minimum absolute atomic E-state index is 0.0849. The van der Waals surface area contributed by atoms with Gasteiger partial charge in [0.2, 0.25) is 11.8 Å². The SMILES string of the molecule is CC(C)NC(=O)C(C)N(Cc1ccc(Cl)cc1Cl)C(=O)CN1C(=O)c2cccc3cccc1c23. The second kappa shape index (κ2) is 9.65. The Morgan fingerprint density at radius 1 is 1.03 bits per heavy atom. The largest absolute Gasteiger partial charge is 0.352 e. The third-order valence-electron chi connectivity index (χ3n) is 5.90. The van der Waals surface area contributed by atoms with Crippen molar-refractivity contribution in [1.29, 1.82) is 0 Å². The Balaban J connectivity index is 1.65. The molecular weight excluding hydrogens is 473 g/mol. The molecule has 0 saturated heterocycles. The Hall–Kier alpha value is -3.09. The van der Waals surface area contributed by atoms with Gasteiger partial charge in [0.15, 0.2) is 0 Å². The first kappa shape index (κ1) is 24.0. The fourth-order valence-electron chi connectivity index (χ4n) is 4.18. The summed E-state index contributed by atoms with van der Waals surface area (Å²) in [6.45, 7) is 5.28. The molecule has 0 fully saturated rings. The number of amides is 3. The van der Waals surface area contributed by atoms with Crippen LogP contribution in [0.3, 0.4) is 0 Å². The van der Waals surface area contributed by atoms with Gasteiger partial charge in [-0.05, 0) is 56.0 Å². The van der Waals surface area contributed by atoms with Crippen LogP contribution in [-0.4, -0.2) is 41.2 Å². The minimum Gasteiger partial charge on any atom is -0.352 e. The van der Waals surface area contributed by atoms with Crippen LogP contribution in [0.1, 0.15) is 36.7 Å². The van der Waals surface area contributed by atoms with Crippen molar-refractivity contribution in [1.82, 2.24) is 10.2 Å². The second-order valence-corrected chi connectivity index (χ2v) is 9.51. The van der Waals surface area contributed by atoms with E-state index in [9.17, 15) is 14.4 Å². The topological polar surface area (TPSA) is 69.7 Å². The highest BCUT2D eigenvalue weighted by atomic mass is 35.5. The van der Waals surface area contributed by atoms with Gasteiger partial charge in [0, 0.05) is 33.6 Å². The Morgan fingerprint density at radius 2 is 1.74 bits per heavy atom. The van der Waals surface area contributed by atoms with Crippen LogP contribution in [0.25, 0.3) is 10.8 Å². The van der Waals surface area contributed by atoms with Gasteiger partial charge < -0.3 is 10.2 Å². The molecule has 0 aliphatic carbocycles. The lowest BCUT2D eigenvalue weighted by atomic mass is 10.1. The third kappa shape index (κ3) is 4.61. The first-order valence-corrected chi connectivity index (χ1v) is 11.8. The highest BCUT2D eigenvalue weighted by Crippen LogP contribution is 2.37. The van der Waals surface area contributed by atoms with Gasteiger partial charge in [-0.1, -0.05) is 53.5 Å². The summed E-state index contributed by atoms with van der Waals surface area (Å²) in [7, 11) is 0. The summed E-state index contributed by atoms with van der Waals surface area (Å²) >= 11 is 12.4. The number of hydrogen-bond donors (Lipinski definition) is 1. The molecule has 0 radical (unpaired) electrons. The van der Waals surface area contributed by atoms with Crippen LogP contribution in [0.4, 0.5) is 5.69 Å². The van der Waals surface area contributed by atoms with E-state index in [4.69, 9.17) is 23.2 Å². The maximum Gasteiger partial charge on any atom is 0.259 e. The van der Waals surface area contributed by atoms with Crippen molar-refractivity contribution >= 4 is 57.4 Å². The number of nitrogens with one attached hydrogen (secondary N) is 1. The molecule has 1 atom stereocenters. The summed E-state index contributed by atoms with van der Waals surface area (Å²) in [4.78, 5) is 42.5. The maximum atomic E-state index is 13.6. The van der Waals surface area contributed by atoms with E-state index in [1.165, 1.54) is 9.80 Å². The predicted octanol–water partition coefficient (Wildman–Crippen LogP) is 5.05. The molecule has 176 valence electrons. The van der Waals surface area contributed by atoms with Gasteiger partial charge in [-0.3, -0.25) is 19.3 Å². The second-order valence-electron chi connectivity index (χ2n) is 8.67. The molecule has 34 heavy (non-hydrogen) atoms. The van der Waals surface area contributed by atoms with Crippen molar-refractivity contribution in [3.05, 3.63) is 75.8 Å². The molecule has 1 aliphatic rings. The minimum atomic E-state index is -0.780. The van der Waals surface area contributed by atoms with E-state index < -0.39 is 6.04 Å². The van der Waals surface area contributed by atoms with Crippen molar-refractivity contribution in [3.63, 3.8) is 0 Å². The summed E-state index contributed by atoms with van der Waals surface area (Å²) in [6, 6.07) is 15.3. The number of hydrogen-bond acceptors (Lipinski definition) is 3. The van der Waals surface area contributed by atoms with E-state index in [0.717, 1.165) is 10.8 Å². The molecule has 1 unspecified atom stereocenters. The zero-order valence-electron chi connectivity index (χ0n) is 19.1. The Labute approximate surface area is 208 Å². The number of carbonyl (C=O) groups excluding carboxylic acids is 3. The normalized spacial score (nSPS) is 13.5. The average Bonchev–Trinajstić information content (AvgIpc) is 3.05. The summed E-state index contributed by atoms with van der Waals surface area (Å²) in [5, 5.41) is 5.50. The summed E-state index contributed by atoms with van der Waals surface area (Å²) in [5.41, 5.74) is 1.91. The van der Waals surface area contributed by atoms with Gasteiger partial charge in [-0.2, -0.15) is 0 Å². The zero-order valence-corrected chi connectivity index (χ0v) is 20.7. The molecule has 0 spiro atoms. The molecule has 6 nitrogen and oxygen atoms in total. The molecule has 3 aromatic rings. The lowest BCUT2D eigenvalue weighted by molar-refractivity contribution is -0.139. The maximum absolute atomic E-state index is 13.6. The Bertz CT molecular complexity index is 1290. The van der Waals surface area contributed by atoms with Crippen molar-refractivity contribution in [3.8, 4) is 0 Å². The van der Waals surface area contributed by atoms with Crippen molar-refractivity contribution in [2.45, 2.75) is 39.4 Å². The van der Waals surface area contributed by atoms with E-state index in [1.54, 1.807) is 31.2 Å². The van der Waals surface area contributed by atoms with Crippen LogP contribution in [0.2, 0.25) is 10.0 Å². The predicted molar refractivity (Wildman–Crippen MR) is 135 cm³/mol. The van der Waals surface area contributed by atoms with Crippen molar-refractivity contribution in [2.24, 2.45) is 0 Å². The van der Waals surface area contributed by atoms with Gasteiger partial charge in [0.25, 0.3) is 5.91 Å². The van der Waals surface area contributed by atoms with Gasteiger partial charge in [0.05, 0.1) is 5.69 Å². The number of halogens is 2. The molecule has 0 aromatic heterocycles. The molecule has 8 heteroatoms. The summed E-state index contributed by atoms with van der Waals surface area (Å²) in [6.07, 6.45) is 0. The first-order chi connectivity index (χ1) is 16.2. The van der Waals surface area contributed by atoms with Crippen LogP contribution < -0.4 is 10.2 Å². The highest BCUT2D eigenvalue weighted by molar-refractivity contribution is 6.35. The van der Waals surface area contributed by atoms with Crippen LogP contribution in [0.15, 0.2) is 54.6 Å². The molecule has 3 aromatic carbocycles. The van der Waals surface area contributed by atoms with Crippen LogP contribution in [0, 0.1) is 0 Å². The van der Waals surface area contributed by atoms with E-state index in [1.807, 2.05) is 44.2 Å². The van der Waals surface area contributed by atoms with Crippen molar-refractivity contribution in [2.75, 3.05) is 11.4 Å². The Kier molecular flexibility index (Phi) is 6.82. The highest BCUT2D eigenvalue weighted by Gasteiger charge is 2.34. The molecule has 1 N–H and O–H groups in total. The first-order valence-electron chi connectivity index (χ1n) is 11.0. The van der Waals surface area contributed by atoms with E-state index >= 15 is 0 Å². The molecule has 3 amide bonds. The standard InChI is InChI=1S/C26H25Cl2N3O3/c1-15(2)29-25(33)16(3)30(13-18-10-11-19(27)12-21(18)28)23(32)14-31-22-9-5-7-17-6-4-8-20(24(17)22)26(31)34/h4-12,15-16H,13-14H2,1-3H3,(H,29,33). The fourth-order valence-corrected chi connectivity index (χ4v) is 4.65. The number of carbonyl (C=O) groups is 3. The van der Waals surface area contributed by atoms with Gasteiger partial charge in [-0.25, -0.2) is 0 Å². The monoisotopic (exact) mass is 497 g/mol. The van der Waals surface area contributed by atoms with Crippen molar-refractivity contribution < 1.29 is 14.4 Å². The number of benzene rings is 3. The molecule has 0 saturated carbocycles. The molecule has 1 heterocycles. The van der Waals surface area contributed by atoms with Gasteiger partial charge in [0.1, 0.15) is 12.6 Å². The van der Waals surface area contributed by atoms with E-state index in [2.05, 4.69) is 5.32 Å². The summed E-state index contributed by atoms with van der Waals surface area (Å²) in [5.74, 6) is -0.883. The Morgan fingerprint density at radius 3 is 2.41 bits per heavy atom. The van der Waals surface area contributed by atoms with Crippen LogP contribution in [-0.2, 0) is 16.1 Å². The lowest BCUT2D eigenvalue weighted by Gasteiger charge is -2.31. The molecular formula is C26H25Cl2N3O3. The number of anilines is 1. The molecule has 4 rings (SSSR count). The molecule has 0 bridgehead atoms.